The van der Waals surface area contributed by atoms with Crippen molar-refractivity contribution in [2.75, 3.05) is 6.16 Å². The van der Waals surface area contributed by atoms with Crippen LogP contribution in [0.1, 0.15) is 19.3 Å². The maximum absolute atomic E-state index is 3.71. The highest BCUT2D eigenvalue weighted by molar-refractivity contribution is 7.16. The lowest BCUT2D eigenvalue weighted by Gasteiger charge is -1.86. The lowest BCUT2D eigenvalue weighted by Crippen LogP contribution is -1.70. The maximum Gasteiger partial charge on any atom is -0.0381 e. The second kappa shape index (κ2) is 5.43. The Hall–Kier alpha value is 0.430. The molecule has 0 aromatic carbocycles. The Kier molecular flexibility index (Phi) is 5.82. The molecule has 1 radical (unpaired) electrons. The molecule has 0 aliphatic carbocycles. The summed E-state index contributed by atoms with van der Waals surface area (Å²) in [6, 6.07) is 0. The topological polar surface area (TPSA) is 0 Å². The summed E-state index contributed by atoms with van der Waals surface area (Å²) in [7, 11) is 2.70. The molecule has 0 heterocycles. The Labute approximate surface area is 42.5 Å². The van der Waals surface area contributed by atoms with Gasteiger partial charge in [0.25, 0.3) is 0 Å². The van der Waals surface area contributed by atoms with Crippen LogP contribution in [0.2, 0.25) is 0 Å². The van der Waals surface area contributed by atoms with Crippen molar-refractivity contribution in [2.45, 2.75) is 19.3 Å². The zero-order valence-corrected chi connectivity index (χ0v) is 5.27. The molecule has 0 nitrogen and oxygen atoms in total. The van der Waals surface area contributed by atoms with Crippen molar-refractivity contribution in [1.29, 1.82) is 0 Å². The minimum atomic E-state index is 1.09. The van der Waals surface area contributed by atoms with Crippen LogP contribution in [-0.2, 0) is 0 Å². The molecule has 1 atom stereocenters. The van der Waals surface area contributed by atoms with Crippen LogP contribution in [0.4, 0.5) is 0 Å². The quantitative estimate of drug-likeness (QED) is 0.378. The van der Waals surface area contributed by atoms with Crippen LogP contribution in [0.3, 0.4) is 0 Å². The van der Waals surface area contributed by atoms with Gasteiger partial charge in [0.2, 0.25) is 0 Å². The van der Waals surface area contributed by atoms with E-state index in [2.05, 4.69) is 16.2 Å². The number of hydrogen-bond acceptors (Lipinski definition) is 0. The van der Waals surface area contributed by atoms with Crippen molar-refractivity contribution in [2.24, 2.45) is 0 Å². The first kappa shape index (κ1) is 6.43. The summed E-state index contributed by atoms with van der Waals surface area (Å²) in [4.78, 5) is 0. The van der Waals surface area contributed by atoms with Crippen LogP contribution >= 0.6 is 9.24 Å². The van der Waals surface area contributed by atoms with E-state index >= 15 is 0 Å². The highest BCUT2D eigenvalue weighted by Gasteiger charge is 1.75. The summed E-state index contributed by atoms with van der Waals surface area (Å²) in [5.41, 5.74) is 0. The zero-order valence-electron chi connectivity index (χ0n) is 4.11. The molecule has 0 saturated heterocycles. The Bertz CT molecular complexity index is 15.9. The Morgan fingerprint density at radius 2 is 2.00 bits per heavy atom. The molecule has 0 N–H and O–H groups in total. The highest BCUT2D eigenvalue weighted by atomic mass is 31.0. The smallest absolute Gasteiger partial charge is 0.0381 e. The molecular formula is C5H12P. The summed E-state index contributed by atoms with van der Waals surface area (Å²) >= 11 is 0. The summed E-state index contributed by atoms with van der Waals surface area (Å²) in [6.07, 6.45) is 4.92. The van der Waals surface area contributed by atoms with Gasteiger partial charge in [-0.05, 0) is 12.6 Å². The predicted octanol–water partition coefficient (Wildman–Crippen LogP) is 1.87. The van der Waals surface area contributed by atoms with Gasteiger partial charge in [0.1, 0.15) is 0 Å². The molecule has 0 rings (SSSR count). The molecule has 0 saturated carbocycles. The van der Waals surface area contributed by atoms with Gasteiger partial charge in [-0.2, -0.15) is 0 Å². The van der Waals surface area contributed by atoms with E-state index in [1.807, 2.05) is 0 Å². The minimum Gasteiger partial charge on any atom is -0.138 e. The molecule has 37 valence electrons. The third-order valence-corrected chi connectivity index (χ3v) is 1.11. The second-order valence-corrected chi connectivity index (χ2v) is 1.93. The summed E-state index contributed by atoms with van der Waals surface area (Å²) in [6.45, 7) is 3.71. The van der Waals surface area contributed by atoms with Crippen molar-refractivity contribution in [3.63, 3.8) is 0 Å². The van der Waals surface area contributed by atoms with Crippen LogP contribution in [0.25, 0.3) is 0 Å². The molecule has 0 spiro atoms. The van der Waals surface area contributed by atoms with E-state index in [0.29, 0.717) is 0 Å². The minimum absolute atomic E-state index is 1.09. The zero-order chi connectivity index (χ0) is 4.83. The van der Waals surface area contributed by atoms with Gasteiger partial charge in [-0.3, -0.25) is 0 Å². The van der Waals surface area contributed by atoms with Gasteiger partial charge in [-0.1, -0.05) is 19.8 Å². The van der Waals surface area contributed by atoms with Gasteiger partial charge >= 0.3 is 0 Å². The van der Waals surface area contributed by atoms with Gasteiger partial charge in [0.15, 0.2) is 0 Å². The fraction of sp³-hybridized carbons (Fsp3) is 0.800. The Morgan fingerprint density at radius 3 is 2.17 bits per heavy atom. The van der Waals surface area contributed by atoms with E-state index in [-0.39, 0.29) is 0 Å². The van der Waals surface area contributed by atoms with Crippen molar-refractivity contribution >= 4 is 9.24 Å². The van der Waals surface area contributed by atoms with E-state index in [0.717, 1.165) is 6.42 Å². The molecule has 0 aliphatic heterocycles. The van der Waals surface area contributed by atoms with Crippen molar-refractivity contribution in [1.82, 2.24) is 0 Å². The van der Waals surface area contributed by atoms with Crippen molar-refractivity contribution < 1.29 is 0 Å². The normalized spacial score (nSPS) is 9.00. The fourth-order valence-corrected chi connectivity index (χ4v) is 0.610. The van der Waals surface area contributed by atoms with Crippen LogP contribution in [0.15, 0.2) is 0 Å². The van der Waals surface area contributed by atoms with E-state index in [1.54, 1.807) is 0 Å². The second-order valence-electron chi connectivity index (χ2n) is 1.35. The molecule has 0 bridgehead atoms. The van der Waals surface area contributed by atoms with Crippen LogP contribution in [0.5, 0.6) is 0 Å². The lowest BCUT2D eigenvalue weighted by molar-refractivity contribution is 0.821. The summed E-state index contributed by atoms with van der Waals surface area (Å²) in [5.74, 6) is 0. The van der Waals surface area contributed by atoms with Crippen LogP contribution in [-0.4, -0.2) is 6.16 Å². The summed E-state index contributed by atoms with van der Waals surface area (Å²) < 4.78 is 0. The first-order valence-corrected chi connectivity index (χ1v) is 3.22. The Morgan fingerprint density at radius 1 is 1.33 bits per heavy atom. The van der Waals surface area contributed by atoms with E-state index in [1.165, 1.54) is 19.0 Å². The fourth-order valence-electron chi connectivity index (χ4n) is 0.321. The first-order chi connectivity index (χ1) is 2.91. The third-order valence-electron chi connectivity index (χ3n) is 0.704. The molecule has 0 aliphatic rings. The standard InChI is InChI=1S/C5H12P/c1-2-3-4-5-6/h1-6H2. The lowest BCUT2D eigenvalue weighted by atomic mass is 10.3. The van der Waals surface area contributed by atoms with E-state index in [9.17, 15) is 0 Å². The molecule has 0 fully saturated rings. The summed E-state index contributed by atoms with van der Waals surface area (Å²) in [5, 5.41) is 0. The number of unbranched alkanes of at least 4 members (excludes halogenated alkanes) is 2. The molecule has 6 heavy (non-hydrogen) atoms. The van der Waals surface area contributed by atoms with Crippen LogP contribution in [0, 0.1) is 6.92 Å². The molecule has 0 amide bonds. The highest BCUT2D eigenvalue weighted by Crippen LogP contribution is 1.95. The number of rotatable bonds is 3. The van der Waals surface area contributed by atoms with Gasteiger partial charge in [0, 0.05) is 0 Å². The Balaban J connectivity index is 2.34. The van der Waals surface area contributed by atoms with Crippen LogP contribution < -0.4 is 0 Å². The molecular weight excluding hydrogens is 91.0 g/mol. The predicted molar refractivity (Wildman–Crippen MR) is 33.8 cm³/mol. The SMILES string of the molecule is [CH2]CCCCP. The van der Waals surface area contributed by atoms with Crippen molar-refractivity contribution in [3.05, 3.63) is 6.92 Å². The maximum atomic E-state index is 3.71. The van der Waals surface area contributed by atoms with Gasteiger partial charge in [-0.15, -0.1) is 9.24 Å². The molecule has 1 heteroatoms. The molecule has 0 aromatic heterocycles. The van der Waals surface area contributed by atoms with Gasteiger partial charge < -0.3 is 0 Å². The molecule has 0 aromatic rings. The largest absolute Gasteiger partial charge is 0.138 e. The van der Waals surface area contributed by atoms with Crippen molar-refractivity contribution in [3.8, 4) is 0 Å². The number of hydrogen-bond donors (Lipinski definition) is 0. The molecule has 1 unspecified atom stereocenters. The van der Waals surface area contributed by atoms with Gasteiger partial charge in [0.05, 0.1) is 0 Å². The first-order valence-electron chi connectivity index (χ1n) is 2.41. The van der Waals surface area contributed by atoms with Gasteiger partial charge in [-0.25, -0.2) is 0 Å². The van der Waals surface area contributed by atoms with E-state index < -0.39 is 0 Å². The van der Waals surface area contributed by atoms with E-state index in [4.69, 9.17) is 0 Å². The third kappa shape index (κ3) is 4.43. The average molecular weight is 103 g/mol. The monoisotopic (exact) mass is 103 g/mol. The average Bonchev–Trinajstić information content (AvgIpc) is 1.61.